The highest BCUT2D eigenvalue weighted by Gasteiger charge is 2.35. The minimum atomic E-state index is -1.11. The van der Waals surface area contributed by atoms with Gasteiger partial charge in [0.15, 0.2) is 0 Å². The van der Waals surface area contributed by atoms with Crippen LogP contribution in [-0.2, 0) is 5.60 Å². The maximum Gasteiger partial charge on any atom is 0.251 e. The minimum absolute atomic E-state index is 0.151. The van der Waals surface area contributed by atoms with Gasteiger partial charge in [-0.05, 0) is 24.3 Å². The molecule has 0 fully saturated rings. The summed E-state index contributed by atoms with van der Waals surface area (Å²) in [4.78, 5) is 14.4. The van der Waals surface area contributed by atoms with Crippen molar-refractivity contribution in [3.8, 4) is 5.75 Å². The van der Waals surface area contributed by atoms with Gasteiger partial charge in [0.2, 0.25) is 0 Å². The minimum Gasteiger partial charge on any atom is -0.493 e. The third-order valence-corrected chi connectivity index (χ3v) is 4.33. The highest BCUT2D eigenvalue weighted by Crippen LogP contribution is 2.36. The van der Waals surface area contributed by atoms with E-state index in [2.05, 4.69) is 5.32 Å². The molecular weight excluding hydrogens is 304 g/mol. The summed E-state index contributed by atoms with van der Waals surface area (Å²) in [5.74, 6) is 0.478. The maximum absolute atomic E-state index is 12.4. The van der Waals surface area contributed by atoms with Crippen molar-refractivity contribution in [1.82, 2.24) is 5.32 Å². The zero-order chi connectivity index (χ0) is 17.2. The monoisotopic (exact) mass is 326 g/mol. The number of ether oxygens (including phenoxy) is 1. The molecule has 2 N–H and O–H groups in total. The number of rotatable bonds is 4. The lowest BCUT2D eigenvalue weighted by Gasteiger charge is -2.34. The number of anilines is 1. The molecule has 1 aliphatic heterocycles. The Morgan fingerprint density at radius 3 is 2.83 bits per heavy atom. The van der Waals surface area contributed by atoms with Crippen molar-refractivity contribution in [2.75, 3.05) is 32.1 Å². The number of hydrogen-bond donors (Lipinski definition) is 2. The third-order valence-electron chi connectivity index (χ3n) is 4.33. The van der Waals surface area contributed by atoms with Crippen molar-refractivity contribution >= 4 is 11.6 Å². The highest BCUT2D eigenvalue weighted by molar-refractivity contribution is 5.95. The van der Waals surface area contributed by atoms with Crippen molar-refractivity contribution in [3.63, 3.8) is 0 Å². The van der Waals surface area contributed by atoms with Gasteiger partial charge in [-0.1, -0.05) is 24.3 Å². The third kappa shape index (κ3) is 3.21. The number of fused-ring (bicyclic) bond motifs is 1. The number of carbonyl (C=O) groups is 1. The summed E-state index contributed by atoms with van der Waals surface area (Å²) < 4.78 is 5.57. The van der Waals surface area contributed by atoms with E-state index in [0.717, 1.165) is 11.3 Å². The topological polar surface area (TPSA) is 61.8 Å². The molecule has 0 spiro atoms. The number of aliphatic hydroxyl groups is 1. The van der Waals surface area contributed by atoms with Crippen molar-refractivity contribution in [2.24, 2.45) is 0 Å². The summed E-state index contributed by atoms with van der Waals surface area (Å²) >= 11 is 0. The average molecular weight is 326 g/mol. The number of nitrogens with one attached hydrogen (secondary N) is 1. The molecule has 0 saturated heterocycles. The van der Waals surface area contributed by atoms with E-state index in [-0.39, 0.29) is 12.5 Å². The average Bonchev–Trinajstić information content (AvgIpc) is 2.60. The van der Waals surface area contributed by atoms with Crippen LogP contribution in [0.15, 0.2) is 48.5 Å². The molecule has 0 unspecified atom stereocenters. The van der Waals surface area contributed by atoms with Crippen LogP contribution in [0.1, 0.15) is 22.3 Å². The standard InChI is InChI=1S/C19H22N2O3/c1-21(2)15-7-5-6-14(12-15)18(22)20-13-19(23)10-11-24-17-9-4-3-8-16(17)19/h3-9,12,23H,10-11,13H2,1-2H3,(H,20,22)/t19-/m0/s1. The van der Waals surface area contributed by atoms with Crippen LogP contribution in [0.2, 0.25) is 0 Å². The van der Waals surface area contributed by atoms with E-state index in [1.54, 1.807) is 6.07 Å². The summed E-state index contributed by atoms with van der Waals surface area (Å²) in [6, 6.07) is 14.8. The fraction of sp³-hybridized carbons (Fsp3) is 0.316. The van der Waals surface area contributed by atoms with Gasteiger partial charge in [-0.15, -0.1) is 0 Å². The van der Waals surface area contributed by atoms with Gasteiger partial charge in [0.05, 0.1) is 13.2 Å². The molecular formula is C19H22N2O3. The van der Waals surface area contributed by atoms with E-state index in [1.807, 2.05) is 61.5 Å². The van der Waals surface area contributed by atoms with Crippen LogP contribution in [0.25, 0.3) is 0 Å². The number of hydrogen-bond acceptors (Lipinski definition) is 4. The smallest absolute Gasteiger partial charge is 0.251 e. The van der Waals surface area contributed by atoms with E-state index < -0.39 is 5.60 Å². The highest BCUT2D eigenvalue weighted by atomic mass is 16.5. The van der Waals surface area contributed by atoms with Crippen molar-refractivity contribution in [3.05, 3.63) is 59.7 Å². The SMILES string of the molecule is CN(C)c1cccc(C(=O)NC[C@@]2(O)CCOc3ccccc32)c1. The zero-order valence-corrected chi connectivity index (χ0v) is 14.0. The molecule has 1 heterocycles. The van der Waals surface area contributed by atoms with Gasteiger partial charge in [0.25, 0.3) is 5.91 Å². The Hall–Kier alpha value is -2.53. The Morgan fingerprint density at radius 1 is 1.25 bits per heavy atom. The van der Waals surface area contributed by atoms with E-state index in [9.17, 15) is 9.90 Å². The second kappa shape index (κ2) is 6.53. The first-order valence-corrected chi connectivity index (χ1v) is 8.00. The summed E-state index contributed by atoms with van der Waals surface area (Å²) in [7, 11) is 3.86. The molecule has 1 aliphatic rings. The lowest BCUT2D eigenvalue weighted by atomic mass is 9.88. The number of nitrogens with zero attached hydrogens (tertiary/aromatic N) is 1. The molecule has 0 bridgehead atoms. The van der Waals surface area contributed by atoms with Gasteiger partial charge in [0, 0.05) is 37.3 Å². The molecule has 5 heteroatoms. The molecule has 0 saturated carbocycles. The quantitative estimate of drug-likeness (QED) is 0.904. The molecule has 2 aromatic rings. The Balaban J connectivity index is 1.74. The Bertz CT molecular complexity index is 745. The van der Waals surface area contributed by atoms with Crippen LogP contribution in [0.4, 0.5) is 5.69 Å². The molecule has 126 valence electrons. The molecule has 0 aromatic heterocycles. The predicted octanol–water partition coefficient (Wildman–Crippen LogP) is 2.15. The normalized spacial score (nSPS) is 19.1. The lowest BCUT2D eigenvalue weighted by Crippen LogP contribution is -2.43. The first-order valence-electron chi connectivity index (χ1n) is 8.00. The van der Waals surface area contributed by atoms with Gasteiger partial charge in [-0.3, -0.25) is 4.79 Å². The number of carbonyl (C=O) groups excluding carboxylic acids is 1. The Kier molecular flexibility index (Phi) is 4.44. The van der Waals surface area contributed by atoms with Crippen LogP contribution in [-0.4, -0.2) is 38.3 Å². The van der Waals surface area contributed by atoms with Crippen LogP contribution in [0.5, 0.6) is 5.75 Å². The molecule has 1 atom stereocenters. The van der Waals surface area contributed by atoms with Crippen LogP contribution >= 0.6 is 0 Å². The van der Waals surface area contributed by atoms with Crippen molar-refractivity contribution in [1.29, 1.82) is 0 Å². The first kappa shape index (κ1) is 16.3. The zero-order valence-electron chi connectivity index (χ0n) is 14.0. The van der Waals surface area contributed by atoms with Gasteiger partial charge in [-0.25, -0.2) is 0 Å². The maximum atomic E-state index is 12.4. The molecule has 0 radical (unpaired) electrons. The van der Waals surface area contributed by atoms with E-state index in [0.29, 0.717) is 24.3 Å². The summed E-state index contributed by atoms with van der Waals surface area (Å²) in [6.07, 6.45) is 0.446. The molecule has 24 heavy (non-hydrogen) atoms. The molecule has 0 aliphatic carbocycles. The van der Waals surface area contributed by atoms with E-state index in [4.69, 9.17) is 4.74 Å². The molecule has 5 nitrogen and oxygen atoms in total. The predicted molar refractivity (Wildman–Crippen MR) is 93.6 cm³/mol. The largest absolute Gasteiger partial charge is 0.493 e. The van der Waals surface area contributed by atoms with E-state index >= 15 is 0 Å². The fourth-order valence-electron chi connectivity index (χ4n) is 2.88. The van der Waals surface area contributed by atoms with Crippen molar-refractivity contribution in [2.45, 2.75) is 12.0 Å². The van der Waals surface area contributed by atoms with Crippen LogP contribution < -0.4 is 15.0 Å². The first-order chi connectivity index (χ1) is 11.5. The molecule has 3 rings (SSSR count). The van der Waals surface area contributed by atoms with Crippen LogP contribution in [0.3, 0.4) is 0 Å². The second-order valence-corrected chi connectivity index (χ2v) is 6.25. The van der Waals surface area contributed by atoms with Crippen molar-refractivity contribution < 1.29 is 14.6 Å². The lowest BCUT2D eigenvalue weighted by molar-refractivity contribution is -0.00160. The summed E-state index contributed by atoms with van der Waals surface area (Å²) in [5, 5.41) is 13.8. The number of para-hydroxylation sites is 1. The van der Waals surface area contributed by atoms with Crippen LogP contribution in [0, 0.1) is 0 Å². The molecule has 1 amide bonds. The van der Waals surface area contributed by atoms with Gasteiger partial charge < -0.3 is 20.1 Å². The van der Waals surface area contributed by atoms with Gasteiger partial charge in [0.1, 0.15) is 11.4 Å². The number of amides is 1. The summed E-state index contributed by atoms with van der Waals surface area (Å²) in [6.45, 7) is 0.581. The second-order valence-electron chi connectivity index (χ2n) is 6.25. The number of benzene rings is 2. The molecule has 2 aromatic carbocycles. The summed E-state index contributed by atoms with van der Waals surface area (Å²) in [5.41, 5.74) is 1.14. The Labute approximate surface area is 141 Å². The fourth-order valence-corrected chi connectivity index (χ4v) is 2.88. The Morgan fingerprint density at radius 2 is 2.04 bits per heavy atom. The van der Waals surface area contributed by atoms with E-state index in [1.165, 1.54) is 0 Å². The van der Waals surface area contributed by atoms with Gasteiger partial charge >= 0.3 is 0 Å². The van der Waals surface area contributed by atoms with Gasteiger partial charge in [-0.2, -0.15) is 0 Å².